The number of benzene rings is 3. The second-order valence-corrected chi connectivity index (χ2v) is 6.11. The van der Waals surface area contributed by atoms with Gasteiger partial charge in [-0.05, 0) is 60.7 Å². The third-order valence-electron chi connectivity index (χ3n) is 3.84. The third-order valence-corrected chi connectivity index (χ3v) is 4.09. The van der Waals surface area contributed by atoms with Gasteiger partial charge in [0.25, 0.3) is 5.91 Å². The molecule has 0 fully saturated rings. The van der Waals surface area contributed by atoms with Crippen LogP contribution < -0.4 is 5.32 Å². The summed E-state index contributed by atoms with van der Waals surface area (Å²) in [5.74, 6) is -2.53. The Bertz CT molecular complexity index is 1010. The fraction of sp³-hybridized carbons (Fsp3) is 0. The van der Waals surface area contributed by atoms with E-state index in [0.717, 1.165) is 12.1 Å². The van der Waals surface area contributed by atoms with Gasteiger partial charge in [0.15, 0.2) is 0 Å². The highest BCUT2D eigenvalue weighted by atomic mass is 35.5. The highest BCUT2D eigenvalue weighted by molar-refractivity contribution is 6.50. The fourth-order valence-corrected chi connectivity index (χ4v) is 2.57. The average molecular weight is 382 g/mol. The zero-order valence-electron chi connectivity index (χ0n) is 13.9. The van der Waals surface area contributed by atoms with Crippen molar-refractivity contribution in [2.24, 2.45) is 0 Å². The van der Waals surface area contributed by atoms with E-state index in [1.54, 1.807) is 36.4 Å². The van der Waals surface area contributed by atoms with E-state index >= 15 is 0 Å². The molecule has 0 heterocycles. The molecule has 0 saturated carbocycles. The normalized spacial score (nSPS) is 10.3. The van der Waals surface area contributed by atoms with Gasteiger partial charge in [-0.15, -0.1) is 0 Å². The Morgan fingerprint density at radius 2 is 1.33 bits per heavy atom. The molecule has 134 valence electrons. The molecule has 0 unspecified atom stereocenters. The van der Waals surface area contributed by atoms with Crippen LogP contribution in [0.1, 0.15) is 31.1 Å². The van der Waals surface area contributed by atoms with E-state index in [9.17, 15) is 18.8 Å². The predicted octanol–water partition coefficient (Wildman–Crippen LogP) is 4.80. The van der Waals surface area contributed by atoms with E-state index < -0.39 is 23.3 Å². The highest BCUT2D eigenvalue weighted by Gasteiger charge is 2.22. The minimum atomic E-state index is -0.798. The fourth-order valence-electron chi connectivity index (χ4n) is 2.44. The first-order valence-electron chi connectivity index (χ1n) is 7.96. The maximum Gasteiger partial charge on any atom is 0.255 e. The Labute approximate surface area is 159 Å². The van der Waals surface area contributed by atoms with Crippen molar-refractivity contribution in [3.63, 3.8) is 0 Å². The van der Waals surface area contributed by atoms with Gasteiger partial charge in [-0.3, -0.25) is 14.4 Å². The number of hydrogen-bond donors (Lipinski definition) is 1. The van der Waals surface area contributed by atoms with E-state index in [4.69, 9.17) is 11.6 Å². The van der Waals surface area contributed by atoms with Gasteiger partial charge >= 0.3 is 0 Å². The van der Waals surface area contributed by atoms with Crippen LogP contribution in [-0.2, 0) is 0 Å². The topological polar surface area (TPSA) is 63.2 Å². The van der Waals surface area contributed by atoms with E-state index in [1.165, 1.54) is 24.3 Å². The zero-order chi connectivity index (χ0) is 19.4. The lowest BCUT2D eigenvalue weighted by Gasteiger charge is -2.10. The second-order valence-electron chi connectivity index (χ2n) is 5.67. The lowest BCUT2D eigenvalue weighted by molar-refractivity contribution is 0.0817. The molecule has 0 radical (unpaired) electrons. The summed E-state index contributed by atoms with van der Waals surface area (Å²) in [6, 6.07) is 17.1. The number of Topliss-reactive ketones (excluding diaryl/α,β-unsaturated/α-hetero) is 2. The van der Waals surface area contributed by atoms with Crippen molar-refractivity contribution in [2.45, 2.75) is 0 Å². The number of rotatable bonds is 5. The summed E-state index contributed by atoms with van der Waals surface area (Å²) in [4.78, 5) is 37.4. The van der Waals surface area contributed by atoms with Crippen LogP contribution in [0.2, 0.25) is 5.02 Å². The van der Waals surface area contributed by atoms with Crippen molar-refractivity contribution in [2.75, 3.05) is 5.32 Å². The first-order valence-corrected chi connectivity index (χ1v) is 8.34. The standard InChI is InChI=1S/C21H13ClFNO3/c22-15-9-5-14(6-10-15)21(27)24-18-4-2-1-3-17(18)20(26)19(25)13-7-11-16(23)12-8-13/h1-12H,(H,24,27). The van der Waals surface area contributed by atoms with Gasteiger partial charge in [0.1, 0.15) is 5.82 Å². The van der Waals surface area contributed by atoms with Crippen molar-refractivity contribution in [3.05, 3.63) is 100 Å². The molecule has 4 nitrogen and oxygen atoms in total. The van der Waals surface area contributed by atoms with Crippen LogP contribution in [0, 0.1) is 5.82 Å². The van der Waals surface area contributed by atoms with Crippen molar-refractivity contribution >= 4 is 34.8 Å². The number of ketones is 2. The van der Waals surface area contributed by atoms with Crippen LogP contribution in [0.15, 0.2) is 72.8 Å². The molecule has 0 bridgehead atoms. The molecule has 27 heavy (non-hydrogen) atoms. The lowest BCUT2D eigenvalue weighted by atomic mass is 10.00. The van der Waals surface area contributed by atoms with Crippen LogP contribution in [0.4, 0.5) is 10.1 Å². The van der Waals surface area contributed by atoms with Crippen molar-refractivity contribution < 1.29 is 18.8 Å². The molecule has 0 saturated heterocycles. The van der Waals surface area contributed by atoms with Gasteiger partial charge in [-0.25, -0.2) is 4.39 Å². The summed E-state index contributed by atoms with van der Waals surface area (Å²) >= 11 is 5.81. The summed E-state index contributed by atoms with van der Waals surface area (Å²) < 4.78 is 13.0. The van der Waals surface area contributed by atoms with Gasteiger partial charge in [0.2, 0.25) is 11.6 Å². The first-order chi connectivity index (χ1) is 13.0. The number of nitrogens with one attached hydrogen (secondary N) is 1. The largest absolute Gasteiger partial charge is 0.321 e. The Morgan fingerprint density at radius 1 is 0.741 bits per heavy atom. The number of para-hydroxylation sites is 1. The van der Waals surface area contributed by atoms with Crippen LogP contribution in [0.3, 0.4) is 0 Å². The molecule has 1 N–H and O–H groups in total. The van der Waals surface area contributed by atoms with Crippen molar-refractivity contribution in [1.29, 1.82) is 0 Å². The Kier molecular flexibility index (Phi) is 5.43. The van der Waals surface area contributed by atoms with Gasteiger partial charge in [-0.1, -0.05) is 23.7 Å². The molecule has 1 amide bonds. The summed E-state index contributed by atoms with van der Waals surface area (Å²) in [6.07, 6.45) is 0. The number of carbonyl (C=O) groups excluding carboxylic acids is 3. The first kappa shape index (κ1) is 18.5. The molecular weight excluding hydrogens is 369 g/mol. The van der Waals surface area contributed by atoms with Crippen molar-refractivity contribution in [1.82, 2.24) is 0 Å². The molecule has 0 aliphatic carbocycles. The number of halogens is 2. The molecule has 0 aliphatic rings. The van der Waals surface area contributed by atoms with Gasteiger partial charge in [0.05, 0.1) is 5.69 Å². The summed E-state index contributed by atoms with van der Waals surface area (Å²) in [5.41, 5.74) is 0.679. The molecule has 0 spiro atoms. The van der Waals surface area contributed by atoms with Gasteiger partial charge < -0.3 is 5.32 Å². The summed E-state index contributed by atoms with van der Waals surface area (Å²) in [5, 5.41) is 3.12. The Hall–Kier alpha value is -3.31. The summed E-state index contributed by atoms with van der Waals surface area (Å²) in [6.45, 7) is 0. The van der Waals surface area contributed by atoms with Crippen molar-refractivity contribution in [3.8, 4) is 0 Å². The van der Waals surface area contributed by atoms with E-state index in [2.05, 4.69) is 5.32 Å². The Balaban J connectivity index is 1.85. The SMILES string of the molecule is O=C(Nc1ccccc1C(=O)C(=O)c1ccc(F)cc1)c1ccc(Cl)cc1. The lowest BCUT2D eigenvalue weighted by Crippen LogP contribution is -2.19. The van der Waals surface area contributed by atoms with Crippen LogP contribution >= 0.6 is 11.6 Å². The van der Waals surface area contributed by atoms with Gasteiger partial charge in [-0.2, -0.15) is 0 Å². The van der Waals surface area contributed by atoms with Crippen LogP contribution in [0.25, 0.3) is 0 Å². The number of amides is 1. The monoisotopic (exact) mass is 381 g/mol. The average Bonchev–Trinajstić information content (AvgIpc) is 2.68. The third kappa shape index (κ3) is 4.27. The molecular formula is C21H13ClFNO3. The number of carbonyl (C=O) groups is 3. The molecule has 3 aromatic rings. The van der Waals surface area contributed by atoms with Gasteiger partial charge in [0, 0.05) is 21.7 Å². The maximum atomic E-state index is 13.0. The maximum absolute atomic E-state index is 13.0. The molecule has 0 aromatic heterocycles. The van der Waals surface area contributed by atoms with Crippen LogP contribution in [-0.4, -0.2) is 17.5 Å². The van der Waals surface area contributed by atoms with Crippen LogP contribution in [0.5, 0.6) is 0 Å². The smallest absolute Gasteiger partial charge is 0.255 e. The predicted molar refractivity (Wildman–Crippen MR) is 101 cm³/mol. The van der Waals surface area contributed by atoms with E-state index in [-0.39, 0.29) is 16.8 Å². The minimum Gasteiger partial charge on any atom is -0.321 e. The summed E-state index contributed by atoms with van der Waals surface area (Å²) in [7, 11) is 0. The second kappa shape index (κ2) is 7.93. The molecule has 0 atom stereocenters. The highest BCUT2D eigenvalue weighted by Crippen LogP contribution is 2.20. The van der Waals surface area contributed by atoms with E-state index in [0.29, 0.717) is 10.6 Å². The Morgan fingerprint density at radius 3 is 2.00 bits per heavy atom. The number of hydrogen-bond acceptors (Lipinski definition) is 3. The molecule has 6 heteroatoms. The van der Waals surface area contributed by atoms with E-state index in [1.807, 2.05) is 0 Å². The quantitative estimate of drug-likeness (QED) is 0.510. The zero-order valence-corrected chi connectivity index (χ0v) is 14.7. The number of anilines is 1. The molecule has 0 aliphatic heterocycles. The molecule has 3 aromatic carbocycles. The minimum absolute atomic E-state index is 0.0501. The molecule has 3 rings (SSSR count).